The lowest BCUT2D eigenvalue weighted by Crippen LogP contribution is -2.57. The second kappa shape index (κ2) is 15.4. The van der Waals surface area contributed by atoms with Crippen LogP contribution in [0.3, 0.4) is 0 Å². The van der Waals surface area contributed by atoms with E-state index in [-0.39, 0.29) is 18.2 Å². The van der Waals surface area contributed by atoms with Crippen molar-refractivity contribution in [2.75, 3.05) is 26.3 Å². The van der Waals surface area contributed by atoms with E-state index in [1.807, 2.05) is 6.07 Å². The number of carbonyl (C=O) groups is 3. The molecule has 0 bridgehead atoms. The first kappa shape index (κ1) is 27.7. The SMILES string of the molecule is CCCCCCCCCCOC(=O)CC1C(=O)NCCN1C(=O)c1cccc(OCC(C)C)c1. The Morgan fingerprint density at radius 3 is 2.50 bits per heavy atom. The van der Waals surface area contributed by atoms with E-state index >= 15 is 0 Å². The summed E-state index contributed by atoms with van der Waals surface area (Å²) in [4.78, 5) is 39.6. The number of amides is 2. The van der Waals surface area contributed by atoms with Crippen molar-refractivity contribution >= 4 is 17.8 Å². The Bertz CT molecular complexity index is 780. The van der Waals surface area contributed by atoms with Crippen molar-refractivity contribution in [3.63, 3.8) is 0 Å². The average Bonchev–Trinajstić information content (AvgIpc) is 2.82. The monoisotopic (exact) mass is 474 g/mol. The fourth-order valence-electron chi connectivity index (χ4n) is 3.95. The van der Waals surface area contributed by atoms with E-state index in [4.69, 9.17) is 9.47 Å². The summed E-state index contributed by atoms with van der Waals surface area (Å²) in [6.45, 7) is 7.93. The summed E-state index contributed by atoms with van der Waals surface area (Å²) in [5, 5.41) is 2.76. The smallest absolute Gasteiger partial charge is 0.308 e. The number of unbranched alkanes of at least 4 members (excludes halogenated alkanes) is 7. The number of nitrogens with one attached hydrogen (secondary N) is 1. The van der Waals surface area contributed by atoms with E-state index in [1.54, 1.807) is 18.2 Å². The highest BCUT2D eigenvalue weighted by Gasteiger charge is 2.35. The summed E-state index contributed by atoms with van der Waals surface area (Å²) in [6, 6.07) is 6.10. The third-order valence-electron chi connectivity index (χ3n) is 5.88. The van der Waals surface area contributed by atoms with Crippen molar-refractivity contribution in [1.29, 1.82) is 0 Å². The Morgan fingerprint density at radius 2 is 1.79 bits per heavy atom. The molecule has 34 heavy (non-hydrogen) atoms. The van der Waals surface area contributed by atoms with Gasteiger partial charge in [0.25, 0.3) is 5.91 Å². The molecule has 0 aliphatic carbocycles. The van der Waals surface area contributed by atoms with Gasteiger partial charge in [-0.05, 0) is 30.5 Å². The van der Waals surface area contributed by atoms with Crippen molar-refractivity contribution in [1.82, 2.24) is 10.2 Å². The number of rotatable bonds is 15. The number of benzene rings is 1. The molecule has 1 fully saturated rings. The molecule has 2 amide bonds. The maximum absolute atomic E-state index is 13.2. The van der Waals surface area contributed by atoms with Gasteiger partial charge in [-0.15, -0.1) is 0 Å². The van der Waals surface area contributed by atoms with Crippen molar-refractivity contribution < 1.29 is 23.9 Å². The minimum atomic E-state index is -0.868. The quantitative estimate of drug-likeness (QED) is 0.293. The molecule has 0 aromatic heterocycles. The molecule has 0 radical (unpaired) electrons. The predicted molar refractivity (Wildman–Crippen MR) is 133 cm³/mol. The first-order valence-electron chi connectivity index (χ1n) is 12.9. The summed E-state index contributed by atoms with van der Waals surface area (Å²) < 4.78 is 11.1. The Hall–Kier alpha value is -2.57. The number of ether oxygens (including phenoxy) is 2. The van der Waals surface area contributed by atoms with Crippen LogP contribution in [0.15, 0.2) is 24.3 Å². The molecule has 1 aliphatic heterocycles. The third kappa shape index (κ3) is 9.74. The normalized spacial score (nSPS) is 15.8. The lowest BCUT2D eigenvalue weighted by molar-refractivity contribution is -0.147. The van der Waals surface area contributed by atoms with Crippen LogP contribution in [0.5, 0.6) is 5.75 Å². The number of carbonyl (C=O) groups excluding carboxylic acids is 3. The van der Waals surface area contributed by atoms with Gasteiger partial charge in [0.05, 0.1) is 19.6 Å². The van der Waals surface area contributed by atoms with Gasteiger partial charge in [0.2, 0.25) is 5.91 Å². The molecule has 1 aromatic rings. The Morgan fingerprint density at radius 1 is 1.09 bits per heavy atom. The first-order chi connectivity index (χ1) is 16.4. The number of hydrogen-bond donors (Lipinski definition) is 1. The lowest BCUT2D eigenvalue weighted by Gasteiger charge is -2.34. The highest BCUT2D eigenvalue weighted by molar-refractivity contribution is 5.99. The molecular formula is C27H42N2O5. The largest absolute Gasteiger partial charge is 0.493 e. The lowest BCUT2D eigenvalue weighted by atomic mass is 10.1. The maximum Gasteiger partial charge on any atom is 0.308 e. The zero-order chi connectivity index (χ0) is 24.8. The Labute approximate surface area is 204 Å². The minimum Gasteiger partial charge on any atom is -0.493 e. The van der Waals surface area contributed by atoms with Crippen LogP contribution in [0.2, 0.25) is 0 Å². The van der Waals surface area contributed by atoms with Gasteiger partial charge < -0.3 is 19.7 Å². The van der Waals surface area contributed by atoms with E-state index in [0.29, 0.717) is 43.5 Å². The predicted octanol–water partition coefficient (Wildman–Crippen LogP) is 4.74. The van der Waals surface area contributed by atoms with Crippen LogP contribution in [0.4, 0.5) is 0 Å². The van der Waals surface area contributed by atoms with Crippen LogP contribution in [0.1, 0.15) is 88.9 Å². The first-order valence-corrected chi connectivity index (χ1v) is 12.9. The maximum atomic E-state index is 13.2. The fourth-order valence-corrected chi connectivity index (χ4v) is 3.95. The molecular weight excluding hydrogens is 432 g/mol. The van der Waals surface area contributed by atoms with E-state index in [1.165, 1.54) is 37.0 Å². The van der Waals surface area contributed by atoms with Gasteiger partial charge in [-0.25, -0.2) is 0 Å². The van der Waals surface area contributed by atoms with Crippen LogP contribution in [0.25, 0.3) is 0 Å². The second-order valence-electron chi connectivity index (χ2n) is 9.44. The van der Waals surface area contributed by atoms with Gasteiger partial charge in [-0.2, -0.15) is 0 Å². The molecule has 7 heteroatoms. The average molecular weight is 475 g/mol. The van der Waals surface area contributed by atoms with Gasteiger partial charge in [0, 0.05) is 18.7 Å². The number of piperazine rings is 1. The van der Waals surface area contributed by atoms with E-state index in [0.717, 1.165) is 19.3 Å². The summed E-state index contributed by atoms with van der Waals surface area (Å²) in [6.07, 6.45) is 9.18. The molecule has 1 heterocycles. The zero-order valence-electron chi connectivity index (χ0n) is 21.1. The summed E-state index contributed by atoms with van der Waals surface area (Å²) >= 11 is 0. The molecule has 2 rings (SSSR count). The standard InChI is InChI=1S/C27H42N2O5/c1-4-5-6-7-8-9-10-11-17-33-25(30)19-24-26(31)28-15-16-29(24)27(32)22-13-12-14-23(18-22)34-20-21(2)3/h12-14,18,21,24H,4-11,15-17,19-20H2,1-3H3,(H,28,31). The van der Waals surface area contributed by atoms with Gasteiger partial charge in [-0.1, -0.05) is 71.8 Å². The highest BCUT2D eigenvalue weighted by atomic mass is 16.5. The Kier molecular flexibility index (Phi) is 12.5. The van der Waals surface area contributed by atoms with Crippen LogP contribution >= 0.6 is 0 Å². The molecule has 1 atom stereocenters. The molecule has 0 spiro atoms. The van der Waals surface area contributed by atoms with Crippen LogP contribution in [0, 0.1) is 5.92 Å². The van der Waals surface area contributed by atoms with Crippen LogP contribution < -0.4 is 10.1 Å². The molecule has 1 saturated heterocycles. The van der Waals surface area contributed by atoms with Gasteiger partial charge in [0.1, 0.15) is 11.8 Å². The van der Waals surface area contributed by atoms with Crippen LogP contribution in [-0.2, 0) is 14.3 Å². The fraction of sp³-hybridized carbons (Fsp3) is 0.667. The second-order valence-corrected chi connectivity index (χ2v) is 9.44. The van der Waals surface area contributed by atoms with Crippen molar-refractivity contribution in [3.05, 3.63) is 29.8 Å². The topological polar surface area (TPSA) is 84.9 Å². The molecule has 1 N–H and O–H groups in total. The molecule has 1 aliphatic rings. The van der Waals surface area contributed by atoms with Gasteiger partial charge >= 0.3 is 5.97 Å². The number of hydrogen-bond acceptors (Lipinski definition) is 5. The number of nitrogens with zero attached hydrogens (tertiary/aromatic N) is 1. The Balaban J connectivity index is 1.84. The molecule has 0 saturated carbocycles. The van der Waals surface area contributed by atoms with Crippen molar-refractivity contribution in [2.24, 2.45) is 5.92 Å². The van der Waals surface area contributed by atoms with E-state index < -0.39 is 12.0 Å². The molecule has 1 unspecified atom stereocenters. The summed E-state index contributed by atoms with van der Waals surface area (Å²) in [7, 11) is 0. The van der Waals surface area contributed by atoms with E-state index in [9.17, 15) is 14.4 Å². The molecule has 1 aromatic carbocycles. The van der Waals surface area contributed by atoms with E-state index in [2.05, 4.69) is 26.1 Å². The number of esters is 1. The van der Waals surface area contributed by atoms with Crippen LogP contribution in [-0.4, -0.2) is 55.0 Å². The minimum absolute atomic E-state index is 0.141. The summed E-state index contributed by atoms with van der Waals surface area (Å²) in [5.74, 6) is -0.0768. The van der Waals surface area contributed by atoms with Gasteiger partial charge in [-0.3, -0.25) is 14.4 Å². The third-order valence-corrected chi connectivity index (χ3v) is 5.88. The zero-order valence-corrected chi connectivity index (χ0v) is 21.1. The summed E-state index contributed by atoms with van der Waals surface area (Å²) in [5.41, 5.74) is 0.438. The molecule has 7 nitrogen and oxygen atoms in total. The molecule has 190 valence electrons. The van der Waals surface area contributed by atoms with Crippen molar-refractivity contribution in [3.8, 4) is 5.75 Å². The van der Waals surface area contributed by atoms with Gasteiger partial charge in [0.15, 0.2) is 0 Å². The highest BCUT2D eigenvalue weighted by Crippen LogP contribution is 2.19. The van der Waals surface area contributed by atoms with Crippen molar-refractivity contribution in [2.45, 2.75) is 84.6 Å².